The van der Waals surface area contributed by atoms with Crippen LogP contribution in [0.25, 0.3) is 0 Å². The molecule has 0 bridgehead atoms. The number of carbonyl (C=O) groups excluding carboxylic acids is 2. The van der Waals surface area contributed by atoms with Gasteiger partial charge in [-0.3, -0.25) is 13.9 Å². The fraction of sp³-hybridized carbons (Fsp3) is 0.440. The lowest BCUT2D eigenvalue weighted by Crippen LogP contribution is -2.50. The Morgan fingerprint density at radius 3 is 2.15 bits per heavy atom. The molecule has 1 aliphatic heterocycles. The van der Waals surface area contributed by atoms with Gasteiger partial charge < -0.3 is 9.80 Å². The van der Waals surface area contributed by atoms with E-state index < -0.39 is 10.0 Å². The standard InChI is InChI=1S/C25H33N3O4S/c1-5-28(22-9-7-6-8-10-22)33(31,32)23-18-21(12-11-20(23)4)25(30)27-15-13-26(14-16-27)24(29)17-19(2)3/h6-12,18-19H,5,13-17H2,1-4H3. The first-order chi connectivity index (χ1) is 15.6. The summed E-state index contributed by atoms with van der Waals surface area (Å²) in [6.45, 7) is 9.67. The summed E-state index contributed by atoms with van der Waals surface area (Å²) < 4.78 is 28.3. The largest absolute Gasteiger partial charge is 0.339 e. The third kappa shape index (κ3) is 5.55. The summed E-state index contributed by atoms with van der Waals surface area (Å²) in [5, 5.41) is 0. The van der Waals surface area contributed by atoms with Crippen LogP contribution in [0.1, 0.15) is 43.1 Å². The quantitative estimate of drug-likeness (QED) is 0.619. The van der Waals surface area contributed by atoms with Gasteiger partial charge in [-0.15, -0.1) is 0 Å². The molecule has 0 N–H and O–H groups in total. The van der Waals surface area contributed by atoms with Crippen LogP contribution in [0.4, 0.5) is 5.69 Å². The monoisotopic (exact) mass is 471 g/mol. The smallest absolute Gasteiger partial charge is 0.264 e. The third-order valence-electron chi connectivity index (χ3n) is 5.84. The summed E-state index contributed by atoms with van der Waals surface area (Å²) in [5.41, 5.74) is 1.51. The zero-order valence-electron chi connectivity index (χ0n) is 19.8. The van der Waals surface area contributed by atoms with Crippen molar-refractivity contribution in [1.29, 1.82) is 0 Å². The topological polar surface area (TPSA) is 78.0 Å². The normalized spacial score (nSPS) is 14.5. The number of nitrogens with zero attached hydrogens (tertiary/aromatic N) is 3. The van der Waals surface area contributed by atoms with Gasteiger partial charge in [0.25, 0.3) is 15.9 Å². The van der Waals surface area contributed by atoms with E-state index in [2.05, 4.69) is 0 Å². The second kappa shape index (κ2) is 10.4. The molecule has 2 aromatic carbocycles. The molecule has 0 aromatic heterocycles. The molecule has 1 saturated heterocycles. The Labute approximate surface area is 197 Å². The number of hydrogen-bond donors (Lipinski definition) is 0. The van der Waals surface area contributed by atoms with Gasteiger partial charge in [0, 0.05) is 44.7 Å². The summed E-state index contributed by atoms with van der Waals surface area (Å²) in [6, 6.07) is 13.8. The first kappa shape index (κ1) is 24.8. The van der Waals surface area contributed by atoms with Crippen molar-refractivity contribution >= 4 is 27.5 Å². The number of aryl methyl sites for hydroxylation is 1. The highest BCUT2D eigenvalue weighted by Gasteiger charge is 2.29. The lowest BCUT2D eigenvalue weighted by atomic mass is 10.1. The zero-order valence-corrected chi connectivity index (χ0v) is 20.6. The minimum atomic E-state index is -3.84. The first-order valence-corrected chi connectivity index (χ1v) is 12.8. The van der Waals surface area contributed by atoms with Gasteiger partial charge in [0.05, 0.1) is 10.6 Å². The first-order valence-electron chi connectivity index (χ1n) is 11.4. The van der Waals surface area contributed by atoms with Crippen LogP contribution in [0.3, 0.4) is 0 Å². The summed E-state index contributed by atoms with van der Waals surface area (Å²) in [5.74, 6) is 0.190. The molecule has 1 aliphatic rings. The molecule has 0 saturated carbocycles. The predicted molar refractivity (Wildman–Crippen MR) is 130 cm³/mol. The molecular weight excluding hydrogens is 438 g/mol. The van der Waals surface area contributed by atoms with Crippen molar-refractivity contribution in [3.05, 3.63) is 59.7 Å². The molecular formula is C25H33N3O4S. The van der Waals surface area contributed by atoms with E-state index in [1.54, 1.807) is 60.0 Å². The Morgan fingerprint density at radius 2 is 1.58 bits per heavy atom. The number of amides is 2. The molecule has 0 unspecified atom stereocenters. The maximum Gasteiger partial charge on any atom is 0.264 e. The third-order valence-corrected chi connectivity index (χ3v) is 7.88. The molecule has 0 spiro atoms. The zero-order chi connectivity index (χ0) is 24.2. The molecule has 1 fully saturated rings. The van der Waals surface area contributed by atoms with Gasteiger partial charge in [-0.05, 0) is 49.6 Å². The molecule has 0 radical (unpaired) electrons. The maximum absolute atomic E-state index is 13.5. The fourth-order valence-electron chi connectivity index (χ4n) is 4.04. The Hall–Kier alpha value is -2.87. The summed E-state index contributed by atoms with van der Waals surface area (Å²) >= 11 is 0. The Morgan fingerprint density at radius 1 is 0.970 bits per heavy atom. The van der Waals surface area contributed by atoms with E-state index in [4.69, 9.17) is 0 Å². The highest BCUT2D eigenvalue weighted by atomic mass is 32.2. The Bertz CT molecular complexity index is 1090. The Balaban J connectivity index is 1.80. The van der Waals surface area contributed by atoms with Crippen molar-refractivity contribution in [2.75, 3.05) is 37.0 Å². The van der Waals surface area contributed by atoms with E-state index in [-0.39, 0.29) is 23.3 Å². The number of hydrogen-bond acceptors (Lipinski definition) is 4. The number of carbonyl (C=O) groups is 2. The van der Waals surface area contributed by atoms with Crippen molar-refractivity contribution in [3.63, 3.8) is 0 Å². The average molecular weight is 472 g/mol. The number of rotatable bonds is 7. The van der Waals surface area contributed by atoms with Gasteiger partial charge in [0.15, 0.2) is 0 Å². The molecule has 3 rings (SSSR count). The van der Waals surface area contributed by atoms with E-state index >= 15 is 0 Å². The molecule has 1 heterocycles. The van der Waals surface area contributed by atoms with Gasteiger partial charge in [0.1, 0.15) is 0 Å². The molecule has 178 valence electrons. The van der Waals surface area contributed by atoms with Gasteiger partial charge >= 0.3 is 0 Å². The summed E-state index contributed by atoms with van der Waals surface area (Å²) in [6.07, 6.45) is 0.502. The van der Waals surface area contributed by atoms with Crippen LogP contribution in [-0.4, -0.2) is 62.8 Å². The molecule has 7 nitrogen and oxygen atoms in total. The van der Waals surface area contributed by atoms with Gasteiger partial charge in [-0.2, -0.15) is 0 Å². The molecule has 0 aliphatic carbocycles. The maximum atomic E-state index is 13.5. The molecule has 0 atom stereocenters. The minimum Gasteiger partial charge on any atom is -0.339 e. The molecule has 33 heavy (non-hydrogen) atoms. The lowest BCUT2D eigenvalue weighted by Gasteiger charge is -2.35. The van der Waals surface area contributed by atoms with Crippen molar-refractivity contribution in [2.45, 2.75) is 39.0 Å². The van der Waals surface area contributed by atoms with Crippen molar-refractivity contribution in [3.8, 4) is 0 Å². The van der Waals surface area contributed by atoms with Crippen LogP contribution in [-0.2, 0) is 14.8 Å². The molecule has 8 heteroatoms. The number of anilines is 1. The van der Waals surface area contributed by atoms with E-state index in [0.717, 1.165) is 0 Å². The number of para-hydroxylation sites is 1. The van der Waals surface area contributed by atoms with Crippen LogP contribution < -0.4 is 4.31 Å². The molecule has 2 aromatic rings. The van der Waals surface area contributed by atoms with Crippen LogP contribution in [0.2, 0.25) is 0 Å². The minimum absolute atomic E-state index is 0.112. The fourth-order valence-corrected chi connectivity index (χ4v) is 5.76. The average Bonchev–Trinajstić information content (AvgIpc) is 2.79. The van der Waals surface area contributed by atoms with E-state index in [1.165, 1.54) is 10.4 Å². The highest BCUT2D eigenvalue weighted by Crippen LogP contribution is 2.27. The SMILES string of the molecule is CCN(c1ccccc1)S(=O)(=O)c1cc(C(=O)N2CCN(C(=O)CC(C)C)CC2)ccc1C. The van der Waals surface area contributed by atoms with Gasteiger partial charge in [-0.25, -0.2) is 8.42 Å². The predicted octanol–water partition coefficient (Wildman–Crippen LogP) is 3.54. The van der Waals surface area contributed by atoms with Crippen LogP contribution in [0.15, 0.2) is 53.4 Å². The van der Waals surface area contributed by atoms with Gasteiger partial charge in [0.2, 0.25) is 5.91 Å². The van der Waals surface area contributed by atoms with Crippen molar-refractivity contribution < 1.29 is 18.0 Å². The van der Waals surface area contributed by atoms with E-state index in [9.17, 15) is 18.0 Å². The summed E-state index contributed by atoms with van der Waals surface area (Å²) in [4.78, 5) is 29.1. The second-order valence-electron chi connectivity index (χ2n) is 8.76. The van der Waals surface area contributed by atoms with Crippen LogP contribution in [0.5, 0.6) is 0 Å². The molecule has 2 amide bonds. The van der Waals surface area contributed by atoms with E-state index in [0.29, 0.717) is 55.3 Å². The lowest BCUT2D eigenvalue weighted by molar-refractivity contribution is -0.133. The van der Waals surface area contributed by atoms with Crippen molar-refractivity contribution in [1.82, 2.24) is 9.80 Å². The Kier molecular flexibility index (Phi) is 7.79. The summed E-state index contributed by atoms with van der Waals surface area (Å²) in [7, 11) is -3.84. The number of sulfonamides is 1. The van der Waals surface area contributed by atoms with Gasteiger partial charge in [-0.1, -0.05) is 38.1 Å². The number of benzene rings is 2. The van der Waals surface area contributed by atoms with Crippen LogP contribution >= 0.6 is 0 Å². The highest BCUT2D eigenvalue weighted by molar-refractivity contribution is 7.92. The van der Waals surface area contributed by atoms with Crippen LogP contribution in [0, 0.1) is 12.8 Å². The van der Waals surface area contributed by atoms with Crippen molar-refractivity contribution in [2.24, 2.45) is 5.92 Å². The number of piperazine rings is 1. The van der Waals surface area contributed by atoms with E-state index in [1.807, 2.05) is 19.9 Å². The second-order valence-corrected chi connectivity index (χ2v) is 10.6.